The van der Waals surface area contributed by atoms with E-state index >= 15 is 0 Å². The molecule has 226 valence electrons. The summed E-state index contributed by atoms with van der Waals surface area (Å²) in [6, 6.07) is 39.3. The van der Waals surface area contributed by atoms with Crippen molar-refractivity contribution in [3.05, 3.63) is 151 Å². The van der Waals surface area contributed by atoms with Crippen LogP contribution in [0, 0.1) is 0 Å². The molecule has 0 amide bonds. The molecule has 8 aromatic rings. The minimum Gasteiger partial charge on any atom is -0.485 e. The Morgan fingerprint density at radius 3 is 2.27 bits per heavy atom. The SMILES string of the molecule is C1=CC2Oc3cccc(-c4nc(-c5ccccc5)nc(-c5ccc(-c6ccc7ccccc7c6)c6oc7ncccc7c56)n4)c3C2C=C1. The summed E-state index contributed by atoms with van der Waals surface area (Å²) in [5.41, 5.74) is 7.15. The number of hydrogen-bond acceptors (Lipinski definition) is 6. The van der Waals surface area contributed by atoms with Gasteiger partial charge in [0.15, 0.2) is 17.5 Å². The van der Waals surface area contributed by atoms with Gasteiger partial charge in [-0.05, 0) is 58.8 Å². The maximum Gasteiger partial charge on any atom is 0.227 e. The molecule has 0 N–H and O–H groups in total. The van der Waals surface area contributed by atoms with Gasteiger partial charge in [-0.25, -0.2) is 19.9 Å². The van der Waals surface area contributed by atoms with Crippen LogP contribution in [0.1, 0.15) is 11.5 Å². The summed E-state index contributed by atoms with van der Waals surface area (Å²) >= 11 is 0. The Bertz CT molecular complexity index is 2620. The number of nitrogens with zero attached hydrogens (tertiary/aromatic N) is 4. The molecule has 0 bridgehead atoms. The number of aromatic nitrogens is 4. The third kappa shape index (κ3) is 4.19. The summed E-state index contributed by atoms with van der Waals surface area (Å²) in [5, 5.41) is 4.18. The van der Waals surface area contributed by atoms with E-state index in [2.05, 4.69) is 83.9 Å². The summed E-state index contributed by atoms with van der Waals surface area (Å²) in [5.74, 6) is 2.70. The number of rotatable bonds is 4. The molecule has 2 unspecified atom stereocenters. The van der Waals surface area contributed by atoms with Gasteiger partial charge in [0.1, 0.15) is 17.4 Å². The quantitative estimate of drug-likeness (QED) is 0.195. The van der Waals surface area contributed by atoms with E-state index in [4.69, 9.17) is 24.1 Å². The number of benzene rings is 5. The fourth-order valence-corrected chi connectivity index (χ4v) is 7.11. The zero-order valence-electron chi connectivity index (χ0n) is 25.6. The van der Waals surface area contributed by atoms with Crippen LogP contribution in [0.3, 0.4) is 0 Å². The van der Waals surface area contributed by atoms with Crippen molar-refractivity contribution in [2.45, 2.75) is 12.0 Å². The van der Waals surface area contributed by atoms with Crippen molar-refractivity contribution in [3.8, 4) is 51.0 Å². The molecule has 48 heavy (non-hydrogen) atoms. The number of allylic oxidation sites excluding steroid dienone is 2. The monoisotopic (exact) mass is 618 g/mol. The lowest BCUT2D eigenvalue weighted by Crippen LogP contribution is -2.16. The van der Waals surface area contributed by atoms with Crippen molar-refractivity contribution in [3.63, 3.8) is 0 Å². The van der Waals surface area contributed by atoms with E-state index in [9.17, 15) is 0 Å². The van der Waals surface area contributed by atoms with Crippen molar-refractivity contribution in [2.75, 3.05) is 0 Å². The minimum atomic E-state index is -0.0480. The van der Waals surface area contributed by atoms with E-state index < -0.39 is 0 Å². The molecule has 5 aromatic carbocycles. The number of furan rings is 1. The summed E-state index contributed by atoms with van der Waals surface area (Å²) in [4.78, 5) is 20.0. The predicted molar refractivity (Wildman–Crippen MR) is 190 cm³/mol. The van der Waals surface area contributed by atoms with Gasteiger partial charge in [0.05, 0.1) is 0 Å². The highest BCUT2D eigenvalue weighted by molar-refractivity contribution is 6.15. The zero-order chi connectivity index (χ0) is 31.6. The fourth-order valence-electron chi connectivity index (χ4n) is 7.11. The molecule has 4 heterocycles. The Labute approximate surface area is 275 Å². The van der Waals surface area contributed by atoms with Crippen LogP contribution in [-0.2, 0) is 0 Å². The van der Waals surface area contributed by atoms with Crippen molar-refractivity contribution in [2.24, 2.45) is 0 Å². The maximum atomic E-state index is 6.55. The first-order valence-electron chi connectivity index (χ1n) is 16.0. The highest BCUT2D eigenvalue weighted by Crippen LogP contribution is 2.46. The van der Waals surface area contributed by atoms with E-state index in [0.717, 1.165) is 55.5 Å². The van der Waals surface area contributed by atoms with Gasteiger partial charge in [-0.3, -0.25) is 0 Å². The van der Waals surface area contributed by atoms with Crippen LogP contribution < -0.4 is 4.74 Å². The molecule has 10 rings (SSSR count). The lowest BCUT2D eigenvalue weighted by molar-refractivity contribution is 0.269. The van der Waals surface area contributed by atoms with Gasteiger partial charge in [0.2, 0.25) is 5.71 Å². The molecule has 2 atom stereocenters. The Morgan fingerprint density at radius 2 is 1.35 bits per heavy atom. The molecule has 1 aliphatic heterocycles. The molecular formula is C42H26N4O2. The molecule has 6 heteroatoms. The second-order valence-electron chi connectivity index (χ2n) is 12.2. The lowest BCUT2D eigenvalue weighted by atomic mass is 9.88. The number of pyridine rings is 1. The van der Waals surface area contributed by atoms with Gasteiger partial charge in [-0.1, -0.05) is 97.1 Å². The van der Waals surface area contributed by atoms with E-state index in [0.29, 0.717) is 23.2 Å². The van der Waals surface area contributed by atoms with E-state index in [1.54, 1.807) is 6.20 Å². The van der Waals surface area contributed by atoms with Crippen LogP contribution in [0.4, 0.5) is 0 Å². The fraction of sp³-hybridized carbons (Fsp3) is 0.0476. The van der Waals surface area contributed by atoms with Crippen LogP contribution in [0.5, 0.6) is 5.75 Å². The molecule has 3 aromatic heterocycles. The third-order valence-corrected chi connectivity index (χ3v) is 9.35. The Balaban J connectivity index is 1.23. The van der Waals surface area contributed by atoms with Crippen LogP contribution in [0.15, 0.2) is 150 Å². The molecule has 0 spiro atoms. The first-order chi connectivity index (χ1) is 23.8. The topological polar surface area (TPSA) is 73.9 Å². The summed E-state index contributed by atoms with van der Waals surface area (Å²) < 4.78 is 12.9. The Hall–Kier alpha value is -6.40. The average Bonchev–Trinajstić information content (AvgIpc) is 3.74. The third-order valence-electron chi connectivity index (χ3n) is 9.35. The molecule has 6 nitrogen and oxygen atoms in total. The molecule has 0 saturated heterocycles. The smallest absolute Gasteiger partial charge is 0.227 e. The molecule has 1 aliphatic carbocycles. The standard InChI is InChI=1S/C42H26N4O2/c1-2-11-26(12-3-1)39-44-40(31-15-8-18-35-36(31)30-14-6-7-17-34(30)47-35)46-41(45-39)32-22-21-29(28-20-19-25-10-4-5-13-27(25)24-28)38-37(32)33-16-9-23-43-42(33)48-38/h1-24,30,34H. The highest BCUT2D eigenvalue weighted by atomic mass is 16.5. The van der Waals surface area contributed by atoms with Crippen molar-refractivity contribution in [1.82, 2.24) is 19.9 Å². The van der Waals surface area contributed by atoms with Crippen molar-refractivity contribution >= 4 is 32.8 Å². The van der Waals surface area contributed by atoms with E-state index in [-0.39, 0.29) is 12.0 Å². The lowest BCUT2D eigenvalue weighted by Gasteiger charge is -2.16. The van der Waals surface area contributed by atoms with Crippen LogP contribution >= 0.6 is 0 Å². The Kier molecular flexibility index (Phi) is 5.90. The second-order valence-corrected chi connectivity index (χ2v) is 12.2. The first-order valence-corrected chi connectivity index (χ1v) is 16.0. The highest BCUT2D eigenvalue weighted by Gasteiger charge is 2.35. The minimum absolute atomic E-state index is 0.0480. The Morgan fingerprint density at radius 1 is 0.562 bits per heavy atom. The molecule has 0 saturated carbocycles. The average molecular weight is 619 g/mol. The summed E-state index contributed by atoms with van der Waals surface area (Å²) in [7, 11) is 0. The van der Waals surface area contributed by atoms with Crippen molar-refractivity contribution in [1.29, 1.82) is 0 Å². The van der Waals surface area contributed by atoms with E-state index in [1.807, 2.05) is 60.7 Å². The van der Waals surface area contributed by atoms with Gasteiger partial charge in [-0.15, -0.1) is 0 Å². The van der Waals surface area contributed by atoms with Gasteiger partial charge in [0, 0.05) is 50.7 Å². The van der Waals surface area contributed by atoms with Gasteiger partial charge < -0.3 is 9.15 Å². The molecule has 2 aliphatic rings. The van der Waals surface area contributed by atoms with Gasteiger partial charge >= 0.3 is 0 Å². The number of ether oxygens (including phenoxy) is 1. The van der Waals surface area contributed by atoms with Gasteiger partial charge in [-0.2, -0.15) is 0 Å². The van der Waals surface area contributed by atoms with Gasteiger partial charge in [0.25, 0.3) is 0 Å². The van der Waals surface area contributed by atoms with E-state index in [1.165, 1.54) is 10.8 Å². The van der Waals surface area contributed by atoms with Crippen LogP contribution in [0.2, 0.25) is 0 Å². The second kappa shape index (κ2) is 10.6. The summed E-state index contributed by atoms with van der Waals surface area (Å²) in [6.07, 6.45) is 10.1. The summed E-state index contributed by atoms with van der Waals surface area (Å²) in [6.45, 7) is 0. The number of hydrogen-bond donors (Lipinski definition) is 0. The zero-order valence-corrected chi connectivity index (χ0v) is 25.6. The van der Waals surface area contributed by atoms with Crippen LogP contribution in [-0.4, -0.2) is 26.0 Å². The van der Waals surface area contributed by atoms with Crippen molar-refractivity contribution < 1.29 is 9.15 Å². The number of fused-ring (bicyclic) bond motifs is 7. The largest absolute Gasteiger partial charge is 0.485 e. The van der Waals surface area contributed by atoms with Crippen LogP contribution in [0.25, 0.3) is 78.1 Å². The first kappa shape index (κ1) is 26.8. The molecule has 0 radical (unpaired) electrons. The maximum absolute atomic E-state index is 6.55. The molecule has 0 fully saturated rings. The predicted octanol–water partition coefficient (Wildman–Crippen LogP) is 9.96. The molecular weight excluding hydrogens is 592 g/mol. The normalized spacial score (nSPS) is 16.3.